The second kappa shape index (κ2) is 3.78. The van der Waals surface area contributed by atoms with Gasteiger partial charge in [0.05, 0.1) is 8.07 Å². The summed E-state index contributed by atoms with van der Waals surface area (Å²) in [5.41, 5.74) is 0. The summed E-state index contributed by atoms with van der Waals surface area (Å²) >= 11 is 1.89. The average Bonchev–Trinajstić information content (AvgIpc) is 2.08. The van der Waals surface area contributed by atoms with Crippen LogP contribution in [0.2, 0.25) is 19.6 Å². The summed E-state index contributed by atoms with van der Waals surface area (Å²) in [5.74, 6) is 0. The van der Waals surface area contributed by atoms with E-state index < -0.39 is 8.07 Å². The van der Waals surface area contributed by atoms with Gasteiger partial charge in [0, 0.05) is 0 Å². The standard InChI is InChI=1S/C7H12SSi.Li.H/c1-9(2,3)7-5-4-6-8-7;;/h4-6H,1-3H3;;/q;+1;-1. The topological polar surface area (TPSA) is 0 Å². The molecular formula is C7H13LiSSi. The van der Waals surface area contributed by atoms with Crippen molar-refractivity contribution in [3.8, 4) is 0 Å². The van der Waals surface area contributed by atoms with Crippen LogP contribution in [0.3, 0.4) is 0 Å². The Hall–Kier alpha value is 0.514. The van der Waals surface area contributed by atoms with Crippen molar-refractivity contribution in [2.75, 3.05) is 0 Å². The van der Waals surface area contributed by atoms with Crippen molar-refractivity contribution < 1.29 is 20.3 Å². The fourth-order valence-electron chi connectivity index (χ4n) is 0.705. The van der Waals surface area contributed by atoms with Crippen molar-refractivity contribution in [2.45, 2.75) is 19.6 Å². The molecule has 0 spiro atoms. The molecule has 0 aliphatic heterocycles. The third-order valence-electron chi connectivity index (χ3n) is 1.26. The molecule has 1 aromatic rings. The third kappa shape index (κ3) is 2.63. The molecular weight excluding hydrogens is 151 g/mol. The van der Waals surface area contributed by atoms with Gasteiger partial charge < -0.3 is 1.43 Å². The zero-order valence-corrected chi connectivity index (χ0v) is 8.96. The van der Waals surface area contributed by atoms with Gasteiger partial charge >= 0.3 is 18.9 Å². The molecule has 0 aliphatic carbocycles. The van der Waals surface area contributed by atoms with E-state index >= 15 is 0 Å². The van der Waals surface area contributed by atoms with Crippen molar-refractivity contribution >= 4 is 23.9 Å². The van der Waals surface area contributed by atoms with Crippen molar-refractivity contribution in [3.05, 3.63) is 17.5 Å². The molecule has 0 radical (unpaired) electrons. The minimum atomic E-state index is -0.963. The zero-order valence-electron chi connectivity index (χ0n) is 8.14. The predicted octanol–water partition coefficient (Wildman–Crippen LogP) is -0.590. The molecule has 3 heteroatoms. The fraction of sp³-hybridized carbons (Fsp3) is 0.429. The first-order chi connectivity index (χ1) is 4.11. The Kier molecular flexibility index (Phi) is 3.97. The SMILES string of the molecule is C[Si](C)(C)c1cccs1.[H-].[Li+]. The Morgan fingerprint density at radius 1 is 1.40 bits per heavy atom. The minimum absolute atomic E-state index is 0. The van der Waals surface area contributed by atoms with Crippen LogP contribution in [-0.4, -0.2) is 8.07 Å². The summed E-state index contributed by atoms with van der Waals surface area (Å²) in [5, 5.41) is 2.16. The Bertz CT molecular complexity index is 181. The maximum Gasteiger partial charge on any atom is 1.00 e. The normalized spacial score (nSPS) is 10.7. The van der Waals surface area contributed by atoms with Crippen molar-refractivity contribution in [3.63, 3.8) is 0 Å². The number of rotatable bonds is 1. The van der Waals surface area contributed by atoms with E-state index in [1.54, 1.807) is 4.50 Å². The van der Waals surface area contributed by atoms with E-state index in [4.69, 9.17) is 0 Å². The molecule has 0 fully saturated rings. The maximum atomic E-state index is 2.37. The largest absolute Gasteiger partial charge is 1.00 e. The Morgan fingerprint density at radius 3 is 2.20 bits per heavy atom. The quantitative estimate of drug-likeness (QED) is 0.487. The molecule has 0 nitrogen and oxygen atoms in total. The van der Waals surface area contributed by atoms with Crippen LogP contribution in [-0.2, 0) is 0 Å². The second-order valence-electron chi connectivity index (χ2n) is 3.23. The van der Waals surface area contributed by atoms with Gasteiger partial charge in [-0.25, -0.2) is 0 Å². The van der Waals surface area contributed by atoms with E-state index in [0.29, 0.717) is 0 Å². The monoisotopic (exact) mass is 164 g/mol. The first-order valence-electron chi connectivity index (χ1n) is 3.15. The van der Waals surface area contributed by atoms with Gasteiger partial charge in [0.15, 0.2) is 0 Å². The van der Waals surface area contributed by atoms with Gasteiger partial charge in [0.2, 0.25) is 0 Å². The summed E-state index contributed by atoms with van der Waals surface area (Å²) in [6, 6.07) is 4.38. The van der Waals surface area contributed by atoms with Gasteiger partial charge in [-0.3, -0.25) is 0 Å². The van der Waals surface area contributed by atoms with Gasteiger partial charge in [0.25, 0.3) is 0 Å². The molecule has 10 heavy (non-hydrogen) atoms. The van der Waals surface area contributed by atoms with Gasteiger partial charge in [0.1, 0.15) is 0 Å². The van der Waals surface area contributed by atoms with E-state index in [1.807, 2.05) is 11.3 Å². The van der Waals surface area contributed by atoms with Crippen LogP contribution in [0.5, 0.6) is 0 Å². The average molecular weight is 164 g/mol. The van der Waals surface area contributed by atoms with E-state index in [1.165, 1.54) is 0 Å². The second-order valence-corrected chi connectivity index (χ2v) is 9.58. The molecule has 0 bridgehead atoms. The molecule has 0 atom stereocenters. The number of hydrogen-bond donors (Lipinski definition) is 0. The van der Waals surface area contributed by atoms with Crippen LogP contribution in [0.1, 0.15) is 1.43 Å². The first-order valence-corrected chi connectivity index (χ1v) is 7.52. The summed E-state index contributed by atoms with van der Waals surface area (Å²) in [6.07, 6.45) is 0. The minimum Gasteiger partial charge on any atom is -1.00 e. The molecule has 1 heterocycles. The van der Waals surface area contributed by atoms with Crippen molar-refractivity contribution in [1.29, 1.82) is 0 Å². The van der Waals surface area contributed by atoms with Crippen LogP contribution in [0.4, 0.5) is 0 Å². The molecule has 0 saturated heterocycles. The van der Waals surface area contributed by atoms with Crippen LogP contribution in [0.25, 0.3) is 0 Å². The van der Waals surface area contributed by atoms with E-state index in [0.717, 1.165) is 0 Å². The smallest absolute Gasteiger partial charge is 1.00 e. The van der Waals surface area contributed by atoms with Gasteiger partial charge in [-0.2, -0.15) is 11.3 Å². The molecule has 0 aliphatic rings. The van der Waals surface area contributed by atoms with Crippen molar-refractivity contribution in [1.82, 2.24) is 0 Å². The van der Waals surface area contributed by atoms with E-state index in [9.17, 15) is 0 Å². The molecule has 0 unspecified atom stereocenters. The predicted molar refractivity (Wildman–Crippen MR) is 48.4 cm³/mol. The van der Waals surface area contributed by atoms with Gasteiger partial charge in [-0.15, -0.1) is 0 Å². The number of hydrogen-bond acceptors (Lipinski definition) is 1. The molecule has 0 saturated carbocycles. The summed E-state index contributed by atoms with van der Waals surface area (Å²) in [7, 11) is -0.963. The first kappa shape index (κ1) is 10.5. The summed E-state index contributed by atoms with van der Waals surface area (Å²) in [4.78, 5) is 0. The fourth-order valence-corrected chi connectivity index (χ4v) is 3.38. The van der Waals surface area contributed by atoms with E-state index in [-0.39, 0.29) is 20.3 Å². The van der Waals surface area contributed by atoms with Crippen LogP contribution < -0.4 is 23.4 Å². The molecule has 0 N–H and O–H groups in total. The number of thiophene rings is 1. The molecule has 1 aromatic heterocycles. The molecule has 52 valence electrons. The third-order valence-corrected chi connectivity index (χ3v) is 5.78. The van der Waals surface area contributed by atoms with Gasteiger partial charge in [-0.1, -0.05) is 31.8 Å². The molecule has 1 rings (SSSR count). The summed E-state index contributed by atoms with van der Waals surface area (Å²) in [6.45, 7) is 7.12. The Morgan fingerprint density at radius 2 is 2.00 bits per heavy atom. The molecule has 0 aromatic carbocycles. The van der Waals surface area contributed by atoms with Crippen LogP contribution in [0.15, 0.2) is 17.5 Å². The van der Waals surface area contributed by atoms with Crippen molar-refractivity contribution in [2.24, 2.45) is 0 Å². The summed E-state index contributed by atoms with van der Waals surface area (Å²) < 4.78 is 1.60. The van der Waals surface area contributed by atoms with Crippen LogP contribution >= 0.6 is 11.3 Å². The maximum absolute atomic E-state index is 2.37. The van der Waals surface area contributed by atoms with Gasteiger partial charge in [-0.05, 0) is 9.88 Å². The van der Waals surface area contributed by atoms with Crippen LogP contribution in [0, 0.1) is 0 Å². The van der Waals surface area contributed by atoms with E-state index in [2.05, 4.69) is 37.2 Å². The Labute approximate surface area is 81.3 Å². The Balaban J connectivity index is 0. The molecule has 0 amide bonds. The zero-order chi connectivity index (χ0) is 6.91.